The van der Waals surface area contributed by atoms with Crippen molar-refractivity contribution in [2.75, 3.05) is 22.5 Å². The molecule has 1 amide bonds. The molecule has 0 radical (unpaired) electrons. The molecule has 3 aromatic heterocycles. The Kier molecular flexibility index (Phi) is 7.26. The van der Waals surface area contributed by atoms with Crippen LogP contribution in [0.3, 0.4) is 0 Å². The Morgan fingerprint density at radius 3 is 2.68 bits per heavy atom. The Morgan fingerprint density at radius 2 is 1.97 bits per heavy atom. The van der Waals surface area contributed by atoms with Crippen molar-refractivity contribution < 1.29 is 9.18 Å². The monoisotopic (exact) mass is 509 g/mol. The minimum atomic E-state index is -0.626. The van der Waals surface area contributed by atoms with E-state index in [1.807, 2.05) is 36.4 Å². The van der Waals surface area contributed by atoms with Crippen molar-refractivity contribution in [3.8, 4) is 0 Å². The van der Waals surface area contributed by atoms with Crippen LogP contribution in [0.1, 0.15) is 34.8 Å². The van der Waals surface area contributed by atoms with E-state index in [-0.39, 0.29) is 17.3 Å². The lowest BCUT2D eigenvalue weighted by Crippen LogP contribution is -2.19. The highest BCUT2D eigenvalue weighted by Crippen LogP contribution is 2.30. The number of benzene rings is 1. The number of fused-ring (bicyclic) bond motifs is 1. The summed E-state index contributed by atoms with van der Waals surface area (Å²) in [6.07, 6.45) is 11.5. The zero-order valence-corrected chi connectivity index (χ0v) is 20.8. The number of pyridine rings is 1. The fourth-order valence-electron chi connectivity index (χ4n) is 4.21. The molecule has 1 aromatic carbocycles. The van der Waals surface area contributed by atoms with Crippen LogP contribution < -0.4 is 16.0 Å². The number of imidazole rings is 1. The minimum Gasteiger partial charge on any atom is -0.379 e. The lowest BCUT2D eigenvalue weighted by atomic mass is 9.90. The normalized spacial score (nSPS) is 14.1. The summed E-state index contributed by atoms with van der Waals surface area (Å²) in [6, 6.07) is 13.8. The van der Waals surface area contributed by atoms with E-state index >= 15 is 0 Å². The van der Waals surface area contributed by atoms with Crippen LogP contribution in [0, 0.1) is 5.82 Å². The Labute approximate surface area is 220 Å². The lowest BCUT2D eigenvalue weighted by molar-refractivity contribution is 0.102. The topological polar surface area (TPSA) is 96.2 Å². The number of nitrogens with one attached hydrogen (secondary N) is 3. The number of nitrogens with zero attached hydrogens (tertiary/aromatic N) is 4. The fourth-order valence-corrected chi connectivity index (χ4v) is 4.21. The molecular weight excluding hydrogens is 481 g/mol. The molecule has 3 heterocycles. The number of amides is 1. The van der Waals surface area contributed by atoms with Crippen molar-refractivity contribution in [2.45, 2.75) is 24.8 Å². The number of allylic oxidation sites excluding steroid dienone is 3. The maximum Gasteiger partial charge on any atom is 0.276 e. The largest absolute Gasteiger partial charge is 0.379 e. The summed E-state index contributed by atoms with van der Waals surface area (Å²) in [6.45, 7) is 8.34. The van der Waals surface area contributed by atoms with Gasteiger partial charge in [-0.05, 0) is 30.0 Å². The molecule has 0 bridgehead atoms. The molecule has 192 valence electrons. The molecule has 1 atom stereocenters. The maximum absolute atomic E-state index is 14.1. The van der Waals surface area contributed by atoms with Crippen LogP contribution in [0.15, 0.2) is 98.0 Å². The molecule has 1 unspecified atom stereocenters. The van der Waals surface area contributed by atoms with Crippen molar-refractivity contribution in [2.24, 2.45) is 0 Å². The Bertz CT molecular complexity index is 1510. The summed E-state index contributed by atoms with van der Waals surface area (Å²) in [4.78, 5) is 21.2. The Hall–Kier alpha value is -4.79. The first-order chi connectivity index (χ1) is 18.6. The summed E-state index contributed by atoms with van der Waals surface area (Å²) in [5.41, 5.74) is 3.62. The average Bonchev–Trinajstić information content (AvgIpc) is 3.64. The summed E-state index contributed by atoms with van der Waals surface area (Å²) in [5.74, 6) is -0.608. The Morgan fingerprint density at radius 1 is 1.16 bits per heavy atom. The van der Waals surface area contributed by atoms with Crippen molar-refractivity contribution in [1.29, 1.82) is 0 Å². The quantitative estimate of drug-likeness (QED) is 0.228. The second-order valence-electron chi connectivity index (χ2n) is 9.00. The van der Waals surface area contributed by atoms with Crippen LogP contribution in [0.25, 0.3) is 5.65 Å². The first kappa shape index (κ1) is 24.9. The number of rotatable bonds is 11. The summed E-state index contributed by atoms with van der Waals surface area (Å²) < 4.78 is 15.6. The number of halogens is 1. The highest BCUT2D eigenvalue weighted by atomic mass is 19.1. The molecule has 3 N–H and O–H groups in total. The van der Waals surface area contributed by atoms with E-state index in [1.54, 1.807) is 6.08 Å². The van der Waals surface area contributed by atoms with Gasteiger partial charge in [-0.1, -0.05) is 61.7 Å². The minimum absolute atomic E-state index is 0.00994. The van der Waals surface area contributed by atoms with Crippen molar-refractivity contribution >= 4 is 28.7 Å². The van der Waals surface area contributed by atoms with Crippen molar-refractivity contribution in [3.63, 3.8) is 0 Å². The van der Waals surface area contributed by atoms with Gasteiger partial charge >= 0.3 is 0 Å². The molecule has 1 fully saturated rings. The van der Waals surface area contributed by atoms with Gasteiger partial charge in [-0.15, -0.1) is 5.10 Å². The number of anilines is 3. The van der Waals surface area contributed by atoms with Gasteiger partial charge in [0, 0.05) is 30.8 Å². The highest BCUT2D eigenvalue weighted by molar-refractivity contribution is 6.03. The lowest BCUT2D eigenvalue weighted by Gasteiger charge is -2.20. The number of aromatic nitrogens is 4. The summed E-state index contributed by atoms with van der Waals surface area (Å²) >= 11 is 0. The van der Waals surface area contributed by atoms with Gasteiger partial charge in [0.15, 0.2) is 17.2 Å². The zero-order chi connectivity index (χ0) is 26.5. The maximum atomic E-state index is 14.1. The van der Waals surface area contributed by atoms with Gasteiger partial charge in [0.1, 0.15) is 5.82 Å². The van der Waals surface area contributed by atoms with E-state index in [9.17, 15) is 9.18 Å². The highest BCUT2D eigenvalue weighted by Gasteiger charge is 2.25. The molecule has 1 aliphatic carbocycles. The van der Waals surface area contributed by atoms with Gasteiger partial charge in [-0.3, -0.25) is 9.78 Å². The van der Waals surface area contributed by atoms with Crippen LogP contribution in [0.4, 0.5) is 21.6 Å². The molecule has 38 heavy (non-hydrogen) atoms. The molecular formula is C29H28FN7O. The van der Waals surface area contributed by atoms with E-state index < -0.39 is 11.7 Å². The second kappa shape index (κ2) is 11.1. The van der Waals surface area contributed by atoms with Gasteiger partial charge in [0.25, 0.3) is 5.91 Å². The second-order valence-corrected chi connectivity index (χ2v) is 9.00. The van der Waals surface area contributed by atoms with E-state index in [0.717, 1.165) is 35.9 Å². The molecule has 9 heteroatoms. The predicted molar refractivity (Wildman–Crippen MR) is 148 cm³/mol. The molecule has 0 saturated heterocycles. The van der Waals surface area contributed by atoms with Gasteiger partial charge in [0.2, 0.25) is 0 Å². The third-order valence-electron chi connectivity index (χ3n) is 6.30. The van der Waals surface area contributed by atoms with E-state index in [2.05, 4.69) is 56.3 Å². The Balaban J connectivity index is 1.47. The van der Waals surface area contributed by atoms with Crippen LogP contribution in [0.5, 0.6) is 0 Å². The molecule has 0 aliphatic heterocycles. The molecule has 1 aliphatic rings. The van der Waals surface area contributed by atoms with E-state index in [0.29, 0.717) is 24.1 Å². The molecule has 4 aromatic rings. The van der Waals surface area contributed by atoms with Gasteiger partial charge in [-0.2, -0.15) is 0 Å². The van der Waals surface area contributed by atoms with E-state index in [4.69, 9.17) is 0 Å². The van der Waals surface area contributed by atoms with Gasteiger partial charge in [-0.25, -0.2) is 13.9 Å². The van der Waals surface area contributed by atoms with Crippen LogP contribution in [-0.4, -0.2) is 38.1 Å². The number of hydrogen-bond acceptors (Lipinski definition) is 6. The van der Waals surface area contributed by atoms with E-state index in [1.165, 1.54) is 23.0 Å². The molecule has 5 rings (SSSR count). The van der Waals surface area contributed by atoms with Gasteiger partial charge in [0.05, 0.1) is 23.8 Å². The summed E-state index contributed by atoms with van der Waals surface area (Å²) in [5, 5.41) is 14.2. The molecule has 8 nitrogen and oxygen atoms in total. The first-order valence-electron chi connectivity index (χ1n) is 12.4. The van der Waals surface area contributed by atoms with Crippen LogP contribution in [0.2, 0.25) is 0 Å². The zero-order valence-electron chi connectivity index (χ0n) is 20.8. The third-order valence-corrected chi connectivity index (χ3v) is 6.30. The fraction of sp³-hybridized carbons (Fsp3) is 0.172. The molecule has 0 spiro atoms. The smallest absolute Gasteiger partial charge is 0.276 e. The number of carbonyl (C=O) groups is 1. The van der Waals surface area contributed by atoms with Crippen LogP contribution >= 0.6 is 0 Å². The number of hydrogen-bond donors (Lipinski definition) is 3. The van der Waals surface area contributed by atoms with Crippen molar-refractivity contribution in [1.82, 2.24) is 19.6 Å². The SMILES string of the molecule is C=C/C=C(\C=C)C(CNc1cc(NC2CC2)c2ncc(C(=O)Nc3ccncc3F)n2n1)c1ccccc1. The van der Waals surface area contributed by atoms with Crippen LogP contribution in [-0.2, 0) is 0 Å². The first-order valence-corrected chi connectivity index (χ1v) is 12.4. The predicted octanol–water partition coefficient (Wildman–Crippen LogP) is 5.58. The standard InChI is InChI=1S/C29H28FN7O/c1-3-8-19(4-2)22(20-9-6-5-7-10-20)16-32-27-15-25(34-21-11-12-21)28-33-18-26(37(28)36-27)29(38)35-24-13-14-31-17-23(24)30/h3-10,13-15,17-18,21-22,34H,1-2,11-12,16H2,(H,32,36)(H,31,35,38)/b19-8+. The number of carbonyl (C=O) groups excluding carboxylic acids is 1. The third kappa shape index (κ3) is 5.46. The van der Waals surface area contributed by atoms with Crippen molar-refractivity contribution in [3.05, 3.63) is 115 Å². The molecule has 1 saturated carbocycles. The summed E-state index contributed by atoms with van der Waals surface area (Å²) in [7, 11) is 0. The van der Waals surface area contributed by atoms with Gasteiger partial charge < -0.3 is 16.0 Å². The average molecular weight is 510 g/mol.